The van der Waals surface area contributed by atoms with Gasteiger partial charge in [0.05, 0.1) is 17.9 Å². The van der Waals surface area contributed by atoms with Crippen molar-refractivity contribution in [2.24, 2.45) is 10.9 Å². The molecule has 10 heteroatoms. The maximum absolute atomic E-state index is 13.1. The number of rotatable bonds is 7. The van der Waals surface area contributed by atoms with Crippen LogP contribution in [0.4, 0.5) is 10.8 Å². The topological polar surface area (TPSA) is 105 Å². The normalized spacial score (nSPS) is 20.4. The van der Waals surface area contributed by atoms with Crippen molar-refractivity contribution in [1.82, 2.24) is 10.3 Å². The third-order valence-electron chi connectivity index (χ3n) is 7.39. The number of thiazole rings is 1. The van der Waals surface area contributed by atoms with E-state index in [1.807, 2.05) is 12.2 Å². The number of carbonyl (C=O) groups is 2. The van der Waals surface area contributed by atoms with Crippen LogP contribution in [-0.4, -0.2) is 61.6 Å². The van der Waals surface area contributed by atoms with Crippen LogP contribution in [0, 0.1) is 5.92 Å². The van der Waals surface area contributed by atoms with Crippen LogP contribution in [0.25, 0.3) is 0 Å². The molecule has 2 amide bonds. The summed E-state index contributed by atoms with van der Waals surface area (Å²) in [5, 5.41) is 8.58. The van der Waals surface area contributed by atoms with Crippen LogP contribution < -0.4 is 15.5 Å². The number of ether oxygens (including phenoxy) is 2. The van der Waals surface area contributed by atoms with Gasteiger partial charge in [0.1, 0.15) is 5.69 Å². The molecule has 5 rings (SSSR count). The molecule has 1 aromatic heterocycles. The summed E-state index contributed by atoms with van der Waals surface area (Å²) < 4.78 is 11.4. The van der Waals surface area contributed by atoms with Crippen molar-refractivity contribution in [1.29, 1.82) is 0 Å². The van der Waals surface area contributed by atoms with Crippen molar-refractivity contribution in [3.05, 3.63) is 65.3 Å². The van der Waals surface area contributed by atoms with Crippen molar-refractivity contribution in [2.45, 2.75) is 51.0 Å². The van der Waals surface area contributed by atoms with Crippen LogP contribution in [0.2, 0.25) is 0 Å². The Labute approximate surface area is 239 Å². The van der Waals surface area contributed by atoms with E-state index in [0.717, 1.165) is 69.1 Å². The van der Waals surface area contributed by atoms with Crippen LogP contribution in [0.1, 0.15) is 65.8 Å². The number of hydrogen-bond donors (Lipinski definition) is 2. The molecular weight excluding hydrogens is 526 g/mol. The smallest absolute Gasteiger partial charge is 0.275 e. The molecule has 0 spiro atoms. The van der Waals surface area contributed by atoms with E-state index in [2.05, 4.69) is 31.6 Å². The molecule has 2 fully saturated rings. The summed E-state index contributed by atoms with van der Waals surface area (Å²) in [5.41, 5.74) is 1.27. The average molecular weight is 564 g/mol. The average Bonchev–Trinajstić information content (AvgIpc) is 3.52. The van der Waals surface area contributed by atoms with Gasteiger partial charge >= 0.3 is 0 Å². The van der Waals surface area contributed by atoms with E-state index in [-0.39, 0.29) is 17.9 Å². The molecule has 0 unspecified atom stereocenters. The lowest BCUT2D eigenvalue weighted by Crippen LogP contribution is -2.39. The molecule has 3 aliphatic rings. The molecule has 40 heavy (non-hydrogen) atoms. The molecule has 0 bridgehead atoms. The van der Waals surface area contributed by atoms with E-state index < -0.39 is 0 Å². The van der Waals surface area contributed by atoms with Crippen LogP contribution >= 0.6 is 11.3 Å². The first kappa shape index (κ1) is 28.0. The Kier molecular flexibility index (Phi) is 9.97. The number of allylic oxidation sites excluding steroid dienone is 3. The summed E-state index contributed by atoms with van der Waals surface area (Å²) >= 11 is 1.47. The molecule has 2 aromatic rings. The highest BCUT2D eigenvalue weighted by Gasteiger charge is 2.24. The van der Waals surface area contributed by atoms with Gasteiger partial charge < -0.3 is 25.0 Å². The van der Waals surface area contributed by atoms with Crippen molar-refractivity contribution in [3.8, 4) is 0 Å². The number of hydrogen-bond acceptors (Lipinski definition) is 8. The summed E-state index contributed by atoms with van der Waals surface area (Å²) in [6.07, 6.45) is 14.5. The van der Waals surface area contributed by atoms with Gasteiger partial charge in [-0.1, -0.05) is 24.3 Å². The second kappa shape index (κ2) is 14.2. The monoisotopic (exact) mass is 563 g/mol. The SMILES string of the molecule is O=C(Nc1ccccc1C(=O)NC1CCOCC1)c1csc(N2CCC(COC3=N/C=C\C=C/CCC3)CC2)n1. The summed E-state index contributed by atoms with van der Waals surface area (Å²) in [6, 6.07) is 7.15. The van der Waals surface area contributed by atoms with Crippen LogP contribution in [0.3, 0.4) is 0 Å². The van der Waals surface area contributed by atoms with Gasteiger partial charge in [0.25, 0.3) is 11.8 Å². The summed E-state index contributed by atoms with van der Waals surface area (Å²) in [7, 11) is 0. The number of benzene rings is 1. The number of carbonyl (C=O) groups excluding carboxylic acids is 2. The van der Waals surface area contributed by atoms with Gasteiger partial charge in [-0.15, -0.1) is 11.3 Å². The Hall–Kier alpha value is -3.50. The van der Waals surface area contributed by atoms with E-state index in [4.69, 9.17) is 9.47 Å². The quantitative estimate of drug-likeness (QED) is 0.481. The maximum atomic E-state index is 13.1. The second-order valence-corrected chi connectivity index (χ2v) is 11.1. The summed E-state index contributed by atoms with van der Waals surface area (Å²) in [5.74, 6) is 0.775. The van der Waals surface area contributed by atoms with Crippen molar-refractivity contribution in [2.75, 3.05) is 43.1 Å². The van der Waals surface area contributed by atoms with Crippen LogP contribution in [0.15, 0.2) is 59.1 Å². The maximum Gasteiger partial charge on any atom is 0.275 e. The standard InChI is InChI=1S/C30H37N5O4S/c36-28(32-23-13-18-38-19-14-23)24-8-5-6-9-25(24)33-29(37)26-21-40-30(34-26)35-16-11-22(12-17-35)20-39-27-10-4-2-1-3-7-15-31-27/h1,3,5-9,15,21-23H,2,4,10-14,16-20H2,(H,32,36)(H,33,37)/b3-1-,15-7-,31-27?. The molecule has 1 aromatic carbocycles. The fraction of sp³-hybridized carbons (Fsp3) is 0.467. The van der Waals surface area contributed by atoms with E-state index in [1.54, 1.807) is 35.8 Å². The first-order chi connectivity index (χ1) is 19.7. The largest absolute Gasteiger partial charge is 0.480 e. The minimum atomic E-state index is -0.322. The molecule has 2 N–H and O–H groups in total. The molecule has 0 radical (unpaired) electrons. The Morgan fingerprint density at radius 2 is 1.90 bits per heavy atom. The third kappa shape index (κ3) is 7.79. The number of piperidine rings is 1. The lowest BCUT2D eigenvalue weighted by Gasteiger charge is -2.31. The molecule has 0 saturated carbocycles. The van der Waals surface area contributed by atoms with Gasteiger partial charge in [-0.05, 0) is 62.7 Å². The third-order valence-corrected chi connectivity index (χ3v) is 8.29. The van der Waals surface area contributed by atoms with E-state index in [9.17, 15) is 9.59 Å². The second-order valence-electron chi connectivity index (χ2n) is 10.3. The number of amides is 2. The minimum Gasteiger partial charge on any atom is -0.480 e. The molecule has 0 aliphatic carbocycles. The lowest BCUT2D eigenvalue weighted by atomic mass is 9.98. The highest BCUT2D eigenvalue weighted by molar-refractivity contribution is 7.14. The minimum absolute atomic E-state index is 0.0799. The Balaban J connectivity index is 1.12. The number of anilines is 2. The first-order valence-electron chi connectivity index (χ1n) is 14.2. The van der Waals surface area contributed by atoms with Gasteiger partial charge in [-0.3, -0.25) is 9.59 Å². The highest BCUT2D eigenvalue weighted by Crippen LogP contribution is 2.27. The molecule has 9 nitrogen and oxygen atoms in total. The molecule has 4 heterocycles. The summed E-state index contributed by atoms with van der Waals surface area (Å²) in [4.78, 5) is 37.3. The van der Waals surface area contributed by atoms with Gasteiger partial charge in [-0.2, -0.15) is 0 Å². The van der Waals surface area contributed by atoms with Crippen molar-refractivity contribution < 1.29 is 19.1 Å². The van der Waals surface area contributed by atoms with Crippen LogP contribution in [0.5, 0.6) is 0 Å². The molecule has 2 saturated heterocycles. The van der Waals surface area contributed by atoms with Crippen molar-refractivity contribution >= 4 is 39.9 Å². The number of para-hydroxylation sites is 1. The molecular formula is C30H37N5O4S. The number of nitrogens with zero attached hydrogens (tertiary/aromatic N) is 3. The van der Waals surface area contributed by atoms with Gasteiger partial charge in [0, 0.05) is 50.3 Å². The van der Waals surface area contributed by atoms with Crippen molar-refractivity contribution in [3.63, 3.8) is 0 Å². The molecule has 212 valence electrons. The van der Waals surface area contributed by atoms with Gasteiger partial charge in [0.15, 0.2) is 11.0 Å². The fourth-order valence-electron chi connectivity index (χ4n) is 5.00. The van der Waals surface area contributed by atoms with Gasteiger partial charge in [0.2, 0.25) is 0 Å². The predicted molar refractivity (Wildman–Crippen MR) is 158 cm³/mol. The Morgan fingerprint density at radius 1 is 1.07 bits per heavy atom. The lowest BCUT2D eigenvalue weighted by molar-refractivity contribution is 0.0697. The Morgan fingerprint density at radius 3 is 2.75 bits per heavy atom. The van der Waals surface area contributed by atoms with Crippen LogP contribution in [-0.2, 0) is 9.47 Å². The van der Waals surface area contributed by atoms with E-state index in [1.165, 1.54) is 11.3 Å². The first-order valence-corrected chi connectivity index (χ1v) is 15.0. The highest BCUT2D eigenvalue weighted by atomic mass is 32.1. The number of nitrogens with one attached hydrogen (secondary N) is 2. The number of aliphatic imine (C=N–C) groups is 1. The Bertz CT molecular complexity index is 1240. The zero-order valence-corrected chi connectivity index (χ0v) is 23.5. The number of aromatic nitrogens is 1. The predicted octanol–water partition coefficient (Wildman–Crippen LogP) is 5.19. The molecule has 0 atom stereocenters. The fourth-order valence-corrected chi connectivity index (χ4v) is 5.86. The molecule has 3 aliphatic heterocycles. The summed E-state index contributed by atoms with van der Waals surface area (Å²) in [6.45, 7) is 3.71. The zero-order valence-electron chi connectivity index (χ0n) is 22.7. The zero-order chi connectivity index (χ0) is 27.6. The van der Waals surface area contributed by atoms with E-state index >= 15 is 0 Å². The van der Waals surface area contributed by atoms with E-state index in [0.29, 0.717) is 42.7 Å². The van der Waals surface area contributed by atoms with Gasteiger partial charge in [-0.25, -0.2) is 9.98 Å².